The molecule has 0 aliphatic heterocycles. The van der Waals surface area contributed by atoms with E-state index in [1.165, 1.54) is 7.11 Å². The number of rotatable bonds is 4. The van der Waals surface area contributed by atoms with Crippen LogP contribution in [0.1, 0.15) is 55.4 Å². The van der Waals surface area contributed by atoms with Gasteiger partial charge in [0, 0.05) is 12.0 Å². The van der Waals surface area contributed by atoms with Crippen LogP contribution < -0.4 is 14.8 Å². The molecule has 0 saturated heterocycles. The van der Waals surface area contributed by atoms with Gasteiger partial charge in [-0.25, -0.2) is 9.97 Å². The van der Waals surface area contributed by atoms with Crippen molar-refractivity contribution in [3.05, 3.63) is 41.0 Å². The highest BCUT2D eigenvalue weighted by Gasteiger charge is 2.68. The van der Waals surface area contributed by atoms with E-state index < -0.39 is 10.8 Å². The third-order valence-corrected chi connectivity index (χ3v) is 6.69. The number of amides is 1. The number of anilines is 1. The summed E-state index contributed by atoms with van der Waals surface area (Å²) in [5.74, 6) is 0.862. The maximum atomic E-state index is 13.7. The minimum atomic E-state index is -0.954. The van der Waals surface area contributed by atoms with Crippen molar-refractivity contribution in [2.24, 2.45) is 5.41 Å². The first-order valence-electron chi connectivity index (χ1n) is 9.60. The smallest absolute Gasteiger partial charge is 0.237 e. The Balaban J connectivity index is 1.82. The van der Waals surface area contributed by atoms with E-state index in [4.69, 9.17) is 9.47 Å². The Hall–Kier alpha value is -3.65. The average Bonchev–Trinajstić information content (AvgIpc) is 3.14. The number of aromatic nitrogens is 2. The zero-order chi connectivity index (χ0) is 21.7. The summed E-state index contributed by atoms with van der Waals surface area (Å²) in [5, 5.41) is 21.8. The number of fused-ring (bicyclic) bond motifs is 5. The number of ether oxygens (including phenoxy) is 2. The highest BCUT2D eigenvalue weighted by molar-refractivity contribution is 6.02. The van der Waals surface area contributed by atoms with Crippen molar-refractivity contribution in [3.63, 3.8) is 0 Å². The molecule has 152 valence electrons. The molecule has 1 heterocycles. The lowest BCUT2D eigenvalue weighted by Crippen LogP contribution is -2.46. The van der Waals surface area contributed by atoms with Crippen LogP contribution in [0, 0.1) is 28.1 Å². The maximum Gasteiger partial charge on any atom is 0.237 e. The summed E-state index contributed by atoms with van der Waals surface area (Å²) in [6.45, 7) is 4.05. The Kier molecular flexibility index (Phi) is 4.39. The largest absolute Gasteiger partial charge is 0.497 e. The molecule has 1 aromatic heterocycles. The number of nitrogens with one attached hydrogen (secondary N) is 1. The van der Waals surface area contributed by atoms with Crippen molar-refractivity contribution < 1.29 is 14.3 Å². The lowest BCUT2D eigenvalue weighted by Gasteiger charge is -2.36. The third-order valence-electron chi connectivity index (χ3n) is 6.69. The predicted molar refractivity (Wildman–Crippen MR) is 107 cm³/mol. The summed E-state index contributed by atoms with van der Waals surface area (Å²) < 4.78 is 10.6. The molecular formula is C22H21N5O3. The lowest BCUT2D eigenvalue weighted by molar-refractivity contribution is -0.124. The van der Waals surface area contributed by atoms with Gasteiger partial charge in [0.2, 0.25) is 5.91 Å². The summed E-state index contributed by atoms with van der Waals surface area (Å²) in [4.78, 5) is 22.6. The first-order chi connectivity index (χ1) is 14.3. The summed E-state index contributed by atoms with van der Waals surface area (Å²) in [6, 6.07) is 9.06. The second-order valence-electron chi connectivity index (χ2n) is 8.12. The van der Waals surface area contributed by atoms with Gasteiger partial charge in [0.25, 0.3) is 0 Å². The van der Waals surface area contributed by atoms with E-state index >= 15 is 0 Å². The molecule has 2 aliphatic rings. The molecule has 2 bridgehead atoms. The van der Waals surface area contributed by atoms with Crippen LogP contribution in [0.25, 0.3) is 0 Å². The monoisotopic (exact) mass is 403 g/mol. The van der Waals surface area contributed by atoms with Gasteiger partial charge < -0.3 is 14.8 Å². The molecule has 1 fully saturated rings. The number of nitrogens with zero attached hydrogens (tertiary/aromatic N) is 4. The average molecular weight is 403 g/mol. The number of methoxy groups -OCH3 is 2. The Morgan fingerprint density at radius 1 is 1.17 bits per heavy atom. The molecule has 8 heteroatoms. The molecular weight excluding hydrogens is 382 g/mol. The Morgan fingerprint density at radius 3 is 2.50 bits per heavy atom. The van der Waals surface area contributed by atoms with Crippen LogP contribution >= 0.6 is 0 Å². The van der Waals surface area contributed by atoms with Crippen molar-refractivity contribution in [3.8, 4) is 23.6 Å². The van der Waals surface area contributed by atoms with Gasteiger partial charge in [0.15, 0.2) is 11.4 Å². The van der Waals surface area contributed by atoms with Crippen molar-refractivity contribution in [2.75, 3.05) is 19.5 Å². The molecule has 2 unspecified atom stereocenters. The molecule has 2 aliphatic carbocycles. The highest BCUT2D eigenvalue weighted by Crippen LogP contribution is 2.67. The second-order valence-corrected chi connectivity index (χ2v) is 8.12. The van der Waals surface area contributed by atoms with Crippen LogP contribution in [0.5, 0.6) is 11.5 Å². The van der Waals surface area contributed by atoms with E-state index in [0.717, 1.165) is 6.42 Å². The van der Waals surface area contributed by atoms with Crippen LogP contribution in [-0.2, 0) is 10.2 Å². The van der Waals surface area contributed by atoms with Crippen LogP contribution in [-0.4, -0.2) is 30.1 Å². The topological polar surface area (TPSA) is 121 Å². The van der Waals surface area contributed by atoms with E-state index in [0.29, 0.717) is 35.0 Å². The molecule has 1 amide bonds. The number of hydrogen-bond donors (Lipinski definition) is 1. The molecule has 1 N–H and O–H groups in total. The number of nitriles is 2. The summed E-state index contributed by atoms with van der Waals surface area (Å²) in [6.07, 6.45) is 1.35. The van der Waals surface area contributed by atoms with Gasteiger partial charge in [-0.05, 0) is 30.4 Å². The van der Waals surface area contributed by atoms with Gasteiger partial charge in [-0.15, -0.1) is 0 Å². The fourth-order valence-electron chi connectivity index (χ4n) is 5.05. The third kappa shape index (κ3) is 2.40. The molecule has 2 aromatic rings. The molecule has 8 nitrogen and oxygen atoms in total. The quantitative estimate of drug-likeness (QED) is 0.833. The van der Waals surface area contributed by atoms with Crippen LogP contribution in [0.3, 0.4) is 0 Å². The molecule has 30 heavy (non-hydrogen) atoms. The summed E-state index contributed by atoms with van der Waals surface area (Å²) >= 11 is 0. The van der Waals surface area contributed by atoms with E-state index in [9.17, 15) is 15.3 Å². The molecule has 0 radical (unpaired) electrons. The lowest BCUT2D eigenvalue weighted by atomic mass is 9.67. The zero-order valence-electron chi connectivity index (χ0n) is 17.2. The molecule has 4 rings (SSSR count). The van der Waals surface area contributed by atoms with Crippen molar-refractivity contribution >= 4 is 11.6 Å². The first-order valence-corrected chi connectivity index (χ1v) is 9.60. The van der Waals surface area contributed by atoms with Crippen LogP contribution in [0.4, 0.5) is 5.69 Å². The van der Waals surface area contributed by atoms with E-state index in [1.807, 2.05) is 26.0 Å². The van der Waals surface area contributed by atoms with Crippen molar-refractivity contribution in [1.29, 1.82) is 10.5 Å². The van der Waals surface area contributed by atoms with Crippen LogP contribution in [0.15, 0.2) is 18.2 Å². The summed E-state index contributed by atoms with van der Waals surface area (Å²) in [7, 11) is 3.08. The predicted octanol–water partition coefficient (Wildman–Crippen LogP) is 3.03. The minimum absolute atomic E-state index is 0.00646. The van der Waals surface area contributed by atoms with Crippen molar-refractivity contribution in [1.82, 2.24) is 9.97 Å². The van der Waals surface area contributed by atoms with E-state index in [-0.39, 0.29) is 23.2 Å². The molecule has 1 aromatic carbocycles. The number of carbonyl (C=O) groups is 1. The van der Waals surface area contributed by atoms with Gasteiger partial charge in [-0.1, -0.05) is 13.8 Å². The SMILES string of the molecule is COc1ccc(NC(=O)C23CCC(c4nc(C#N)c(C#N)nc42)C3(C)C)c(OC)c1. The Morgan fingerprint density at radius 2 is 1.87 bits per heavy atom. The van der Waals surface area contributed by atoms with Gasteiger partial charge in [0.1, 0.15) is 23.6 Å². The van der Waals surface area contributed by atoms with E-state index in [2.05, 4.69) is 15.3 Å². The molecule has 0 spiro atoms. The number of hydrogen-bond acceptors (Lipinski definition) is 7. The molecule has 1 saturated carbocycles. The first kappa shape index (κ1) is 19.7. The second kappa shape index (κ2) is 6.70. The highest BCUT2D eigenvalue weighted by atomic mass is 16.5. The fourth-order valence-corrected chi connectivity index (χ4v) is 5.05. The van der Waals surface area contributed by atoms with Gasteiger partial charge in [-0.3, -0.25) is 4.79 Å². The van der Waals surface area contributed by atoms with Gasteiger partial charge in [0.05, 0.1) is 36.7 Å². The Labute approximate surface area is 174 Å². The summed E-state index contributed by atoms with van der Waals surface area (Å²) in [5.41, 5.74) is 0.209. The maximum absolute atomic E-state index is 13.7. The van der Waals surface area contributed by atoms with Crippen molar-refractivity contribution in [2.45, 2.75) is 38.0 Å². The fraction of sp³-hybridized carbons (Fsp3) is 0.409. The van der Waals surface area contributed by atoms with Gasteiger partial charge in [-0.2, -0.15) is 10.5 Å². The number of carbonyl (C=O) groups excluding carboxylic acids is 1. The number of benzene rings is 1. The molecule has 2 atom stereocenters. The van der Waals surface area contributed by atoms with Gasteiger partial charge >= 0.3 is 0 Å². The van der Waals surface area contributed by atoms with Crippen LogP contribution in [0.2, 0.25) is 0 Å². The zero-order valence-corrected chi connectivity index (χ0v) is 17.2. The van der Waals surface area contributed by atoms with E-state index in [1.54, 1.807) is 25.3 Å². The normalized spacial score (nSPS) is 22.5. The standard InChI is InChI=1S/C22H21N5O3/c1-21(2)13-7-8-22(21,19-18(13)25-15(10-23)16(11-24)26-19)20(28)27-14-6-5-12(29-3)9-17(14)30-4/h5-6,9,13H,7-8H2,1-4H3,(H,27,28). The Bertz CT molecular complexity index is 1140. The minimum Gasteiger partial charge on any atom is -0.497 e.